The lowest BCUT2D eigenvalue weighted by Crippen LogP contribution is -2.45. The van der Waals surface area contributed by atoms with Gasteiger partial charge in [-0.15, -0.1) is 0 Å². The summed E-state index contributed by atoms with van der Waals surface area (Å²) < 4.78 is 0. The van der Waals surface area contributed by atoms with Crippen LogP contribution in [0.25, 0.3) is 11.0 Å². The van der Waals surface area contributed by atoms with Crippen LogP contribution < -0.4 is 16.0 Å². The maximum atomic E-state index is 5.92. The van der Waals surface area contributed by atoms with Crippen LogP contribution in [0.15, 0.2) is 24.3 Å². The first-order chi connectivity index (χ1) is 9.83. The molecule has 1 aliphatic rings. The van der Waals surface area contributed by atoms with Gasteiger partial charge in [0.15, 0.2) is 11.6 Å². The summed E-state index contributed by atoms with van der Waals surface area (Å²) in [5.41, 5.74) is 7.78. The third kappa shape index (κ3) is 2.29. The van der Waals surface area contributed by atoms with Crippen LogP contribution in [0, 0.1) is 0 Å². The second-order valence-electron chi connectivity index (χ2n) is 5.21. The van der Waals surface area contributed by atoms with Crippen molar-refractivity contribution in [3.63, 3.8) is 0 Å². The zero-order chi connectivity index (χ0) is 13.9. The molecule has 20 heavy (non-hydrogen) atoms. The lowest BCUT2D eigenvalue weighted by Gasteiger charge is -2.36. The van der Waals surface area contributed by atoms with E-state index in [1.165, 1.54) is 12.8 Å². The molecule has 5 nitrogen and oxygen atoms in total. The van der Waals surface area contributed by atoms with E-state index in [1.54, 1.807) is 0 Å². The Balaban J connectivity index is 2.08. The first-order valence-corrected chi connectivity index (χ1v) is 7.24. The van der Waals surface area contributed by atoms with Gasteiger partial charge in [-0.1, -0.05) is 12.1 Å². The third-order valence-electron chi connectivity index (χ3n) is 3.96. The molecule has 5 heteroatoms. The van der Waals surface area contributed by atoms with Gasteiger partial charge in [0.1, 0.15) is 0 Å². The molecule has 1 saturated heterocycles. The zero-order valence-corrected chi connectivity index (χ0v) is 11.8. The highest BCUT2D eigenvalue weighted by molar-refractivity contribution is 5.80. The Morgan fingerprint density at radius 3 is 2.70 bits per heavy atom. The number of nitrogens with two attached hydrogens (primary N) is 1. The van der Waals surface area contributed by atoms with Crippen LogP contribution in [0.4, 0.5) is 11.6 Å². The molecule has 2 heterocycles. The summed E-state index contributed by atoms with van der Waals surface area (Å²) in [6, 6.07) is 8.35. The molecule has 1 aromatic carbocycles. The van der Waals surface area contributed by atoms with Crippen molar-refractivity contribution in [2.75, 3.05) is 30.4 Å². The Kier molecular flexibility index (Phi) is 3.69. The minimum Gasteiger partial charge on any atom is -0.370 e. The topological polar surface area (TPSA) is 67.1 Å². The fourth-order valence-electron chi connectivity index (χ4n) is 2.88. The maximum Gasteiger partial charge on any atom is 0.172 e. The van der Waals surface area contributed by atoms with Gasteiger partial charge in [-0.25, -0.2) is 9.97 Å². The Morgan fingerprint density at radius 1 is 1.25 bits per heavy atom. The monoisotopic (exact) mass is 271 g/mol. The van der Waals surface area contributed by atoms with Crippen LogP contribution in [0.3, 0.4) is 0 Å². The molecule has 0 aliphatic carbocycles. The molecule has 0 bridgehead atoms. The quantitative estimate of drug-likeness (QED) is 0.893. The summed E-state index contributed by atoms with van der Waals surface area (Å²) in [7, 11) is 1.89. The number of hydrogen-bond donors (Lipinski definition) is 2. The first kappa shape index (κ1) is 13.1. The summed E-state index contributed by atoms with van der Waals surface area (Å²) in [5.74, 6) is 1.77. The predicted molar refractivity (Wildman–Crippen MR) is 83.1 cm³/mol. The van der Waals surface area contributed by atoms with Gasteiger partial charge in [0, 0.05) is 26.2 Å². The zero-order valence-electron chi connectivity index (χ0n) is 11.8. The SMILES string of the molecule is CNc1nc2ccccc2nc1N1CCCCC1CN. The maximum absolute atomic E-state index is 5.92. The summed E-state index contributed by atoms with van der Waals surface area (Å²) in [4.78, 5) is 11.8. The number of para-hydroxylation sites is 2. The van der Waals surface area contributed by atoms with Crippen molar-refractivity contribution in [2.45, 2.75) is 25.3 Å². The fraction of sp³-hybridized carbons (Fsp3) is 0.467. The van der Waals surface area contributed by atoms with E-state index in [0.717, 1.165) is 35.6 Å². The van der Waals surface area contributed by atoms with Crippen molar-refractivity contribution in [1.29, 1.82) is 0 Å². The molecule has 106 valence electrons. The number of nitrogens with one attached hydrogen (secondary N) is 1. The van der Waals surface area contributed by atoms with Crippen molar-refractivity contribution in [3.05, 3.63) is 24.3 Å². The summed E-state index contributed by atoms with van der Waals surface area (Å²) in [6.45, 7) is 1.67. The minimum atomic E-state index is 0.367. The molecule has 2 aromatic rings. The summed E-state index contributed by atoms with van der Waals surface area (Å²) >= 11 is 0. The predicted octanol–water partition coefficient (Wildman–Crippen LogP) is 1.99. The van der Waals surface area contributed by atoms with Gasteiger partial charge >= 0.3 is 0 Å². The van der Waals surface area contributed by atoms with E-state index in [2.05, 4.69) is 15.2 Å². The van der Waals surface area contributed by atoms with Crippen LogP contribution in [0.2, 0.25) is 0 Å². The molecule has 0 amide bonds. The Hall–Kier alpha value is -1.88. The van der Waals surface area contributed by atoms with Gasteiger partial charge in [0.2, 0.25) is 0 Å². The molecule has 0 spiro atoms. The smallest absolute Gasteiger partial charge is 0.172 e. The molecule has 1 unspecified atom stereocenters. The van der Waals surface area contributed by atoms with Crippen LogP contribution in [-0.4, -0.2) is 36.1 Å². The Bertz CT molecular complexity index is 598. The fourth-order valence-corrected chi connectivity index (χ4v) is 2.88. The van der Waals surface area contributed by atoms with E-state index >= 15 is 0 Å². The highest BCUT2D eigenvalue weighted by Crippen LogP contribution is 2.29. The van der Waals surface area contributed by atoms with E-state index in [1.807, 2.05) is 31.3 Å². The van der Waals surface area contributed by atoms with Gasteiger partial charge in [-0.3, -0.25) is 0 Å². The van der Waals surface area contributed by atoms with E-state index in [-0.39, 0.29) is 0 Å². The van der Waals surface area contributed by atoms with Crippen molar-refractivity contribution < 1.29 is 0 Å². The number of fused-ring (bicyclic) bond motifs is 1. The van der Waals surface area contributed by atoms with Gasteiger partial charge < -0.3 is 16.0 Å². The van der Waals surface area contributed by atoms with Crippen LogP contribution >= 0.6 is 0 Å². The molecular weight excluding hydrogens is 250 g/mol. The number of aromatic nitrogens is 2. The van der Waals surface area contributed by atoms with Crippen molar-refractivity contribution in [1.82, 2.24) is 9.97 Å². The molecule has 1 fully saturated rings. The second-order valence-corrected chi connectivity index (χ2v) is 5.21. The molecule has 1 aliphatic heterocycles. The number of hydrogen-bond acceptors (Lipinski definition) is 5. The summed E-state index contributed by atoms with van der Waals surface area (Å²) in [6.07, 6.45) is 3.57. The van der Waals surface area contributed by atoms with Crippen LogP contribution in [0.1, 0.15) is 19.3 Å². The largest absolute Gasteiger partial charge is 0.370 e. The van der Waals surface area contributed by atoms with E-state index in [4.69, 9.17) is 10.7 Å². The van der Waals surface area contributed by atoms with Gasteiger partial charge in [-0.2, -0.15) is 0 Å². The normalized spacial score (nSPS) is 19.3. The Labute approximate surface area is 119 Å². The Morgan fingerprint density at radius 2 is 2.00 bits per heavy atom. The van der Waals surface area contributed by atoms with Crippen LogP contribution in [-0.2, 0) is 0 Å². The van der Waals surface area contributed by atoms with Gasteiger partial charge in [0.05, 0.1) is 11.0 Å². The van der Waals surface area contributed by atoms with E-state index in [9.17, 15) is 0 Å². The lowest BCUT2D eigenvalue weighted by atomic mass is 10.0. The molecule has 1 atom stereocenters. The van der Waals surface area contributed by atoms with Gasteiger partial charge in [-0.05, 0) is 31.4 Å². The lowest BCUT2D eigenvalue weighted by molar-refractivity contribution is 0.462. The number of anilines is 2. The average molecular weight is 271 g/mol. The van der Waals surface area contributed by atoms with E-state index < -0.39 is 0 Å². The number of nitrogens with zero attached hydrogens (tertiary/aromatic N) is 3. The third-order valence-corrected chi connectivity index (χ3v) is 3.96. The highest BCUT2D eigenvalue weighted by atomic mass is 15.3. The average Bonchev–Trinajstić information content (AvgIpc) is 2.53. The number of benzene rings is 1. The second kappa shape index (κ2) is 5.63. The standard InChI is InChI=1S/C15H21N5/c1-17-14-15(20-9-5-4-6-11(20)10-16)19-13-8-3-2-7-12(13)18-14/h2-3,7-8,11H,4-6,9-10,16H2,1H3,(H,17,18). The van der Waals surface area contributed by atoms with Crippen molar-refractivity contribution >= 4 is 22.7 Å². The molecular formula is C15H21N5. The minimum absolute atomic E-state index is 0.367. The highest BCUT2D eigenvalue weighted by Gasteiger charge is 2.25. The van der Waals surface area contributed by atoms with Gasteiger partial charge in [0.25, 0.3) is 0 Å². The van der Waals surface area contributed by atoms with Crippen molar-refractivity contribution in [3.8, 4) is 0 Å². The van der Waals surface area contributed by atoms with E-state index in [0.29, 0.717) is 12.6 Å². The summed E-state index contributed by atoms with van der Waals surface area (Å²) in [5, 5.41) is 3.17. The molecule has 0 saturated carbocycles. The molecule has 1 aromatic heterocycles. The van der Waals surface area contributed by atoms with Crippen LogP contribution in [0.5, 0.6) is 0 Å². The molecule has 3 N–H and O–H groups in total. The number of piperidine rings is 1. The molecule has 0 radical (unpaired) electrons. The number of rotatable bonds is 3. The first-order valence-electron chi connectivity index (χ1n) is 7.24. The molecule has 3 rings (SSSR count). The van der Waals surface area contributed by atoms with Crippen molar-refractivity contribution in [2.24, 2.45) is 5.73 Å².